The van der Waals surface area contributed by atoms with Gasteiger partial charge in [0, 0.05) is 17.5 Å². The Labute approximate surface area is 106 Å². The lowest BCUT2D eigenvalue weighted by molar-refractivity contribution is 0.595. The lowest BCUT2D eigenvalue weighted by Gasteiger charge is -2.04. The summed E-state index contributed by atoms with van der Waals surface area (Å²) in [6.45, 7) is 5.16. The predicted octanol–water partition coefficient (Wildman–Crippen LogP) is 2.94. The van der Waals surface area contributed by atoms with Crippen LogP contribution in [-0.4, -0.2) is 19.1 Å². The fourth-order valence-electron chi connectivity index (χ4n) is 1.61. The SMILES string of the molecule is Cc1csc(CNCCCNC2CC2)c1Cl. The Balaban J connectivity index is 1.55. The molecular formula is C12H19ClN2S. The maximum Gasteiger partial charge on any atom is 0.0587 e. The summed E-state index contributed by atoms with van der Waals surface area (Å²) in [5, 5.41) is 10.0. The molecule has 0 bridgehead atoms. The van der Waals surface area contributed by atoms with Crippen LogP contribution >= 0.6 is 22.9 Å². The van der Waals surface area contributed by atoms with Gasteiger partial charge in [-0.2, -0.15) is 0 Å². The van der Waals surface area contributed by atoms with E-state index in [0.29, 0.717) is 0 Å². The van der Waals surface area contributed by atoms with Crippen molar-refractivity contribution in [3.63, 3.8) is 0 Å². The molecule has 1 aromatic heterocycles. The first kappa shape index (κ1) is 12.4. The van der Waals surface area contributed by atoms with Crippen LogP contribution in [0, 0.1) is 6.92 Å². The van der Waals surface area contributed by atoms with Gasteiger partial charge in [-0.25, -0.2) is 0 Å². The van der Waals surface area contributed by atoms with Crippen molar-refractivity contribution in [1.82, 2.24) is 10.6 Å². The van der Waals surface area contributed by atoms with Gasteiger partial charge in [0.25, 0.3) is 0 Å². The molecule has 2 nitrogen and oxygen atoms in total. The Morgan fingerprint density at radius 2 is 2.25 bits per heavy atom. The van der Waals surface area contributed by atoms with Gasteiger partial charge >= 0.3 is 0 Å². The number of rotatable bonds is 7. The van der Waals surface area contributed by atoms with Gasteiger partial charge in [0.05, 0.1) is 5.02 Å². The van der Waals surface area contributed by atoms with Crippen LogP contribution in [0.2, 0.25) is 5.02 Å². The lowest BCUT2D eigenvalue weighted by Crippen LogP contribution is -2.22. The van der Waals surface area contributed by atoms with E-state index >= 15 is 0 Å². The summed E-state index contributed by atoms with van der Waals surface area (Å²) >= 11 is 7.90. The van der Waals surface area contributed by atoms with Crippen molar-refractivity contribution < 1.29 is 0 Å². The molecule has 0 amide bonds. The summed E-state index contributed by atoms with van der Waals surface area (Å²) < 4.78 is 0. The average Bonchev–Trinajstić information content (AvgIpc) is 3.04. The average molecular weight is 259 g/mol. The molecule has 1 heterocycles. The molecule has 1 aromatic rings. The topological polar surface area (TPSA) is 24.1 Å². The van der Waals surface area contributed by atoms with Crippen molar-refractivity contribution in [3.05, 3.63) is 20.8 Å². The first-order chi connectivity index (χ1) is 7.77. The number of thiophene rings is 1. The molecule has 0 aromatic carbocycles. The highest BCUT2D eigenvalue weighted by Crippen LogP contribution is 2.26. The molecule has 0 aliphatic heterocycles. The monoisotopic (exact) mass is 258 g/mol. The quantitative estimate of drug-likeness (QED) is 0.735. The van der Waals surface area contributed by atoms with Gasteiger partial charge in [0.15, 0.2) is 0 Å². The lowest BCUT2D eigenvalue weighted by atomic mass is 10.3. The van der Waals surface area contributed by atoms with Gasteiger partial charge in [-0.05, 0) is 50.2 Å². The van der Waals surface area contributed by atoms with E-state index < -0.39 is 0 Å². The van der Waals surface area contributed by atoms with Gasteiger partial charge in [-0.1, -0.05) is 11.6 Å². The summed E-state index contributed by atoms with van der Waals surface area (Å²) in [7, 11) is 0. The first-order valence-electron chi connectivity index (χ1n) is 5.94. The van der Waals surface area contributed by atoms with E-state index in [-0.39, 0.29) is 0 Å². The van der Waals surface area contributed by atoms with E-state index in [4.69, 9.17) is 11.6 Å². The standard InChI is InChI=1S/C12H19ClN2S/c1-9-8-16-11(12(9)13)7-14-5-2-6-15-10-3-4-10/h8,10,14-15H,2-7H2,1H3. The van der Waals surface area contributed by atoms with Gasteiger partial charge in [-0.15, -0.1) is 11.3 Å². The highest BCUT2D eigenvalue weighted by atomic mass is 35.5. The highest BCUT2D eigenvalue weighted by Gasteiger charge is 2.19. The molecule has 0 unspecified atom stereocenters. The molecule has 1 aliphatic carbocycles. The highest BCUT2D eigenvalue weighted by molar-refractivity contribution is 7.10. The minimum atomic E-state index is 0.828. The number of aryl methyl sites for hydroxylation is 1. The minimum Gasteiger partial charge on any atom is -0.314 e. The maximum atomic E-state index is 6.16. The molecule has 4 heteroatoms. The van der Waals surface area contributed by atoms with E-state index in [9.17, 15) is 0 Å². The van der Waals surface area contributed by atoms with E-state index in [1.165, 1.54) is 29.7 Å². The van der Waals surface area contributed by atoms with Gasteiger partial charge in [0.1, 0.15) is 0 Å². The summed E-state index contributed by atoms with van der Waals surface area (Å²) in [5.74, 6) is 0. The zero-order valence-corrected chi connectivity index (χ0v) is 11.3. The Hall–Kier alpha value is -0.0900. The van der Waals surface area contributed by atoms with Gasteiger partial charge < -0.3 is 10.6 Å². The van der Waals surface area contributed by atoms with Crippen molar-refractivity contribution in [1.29, 1.82) is 0 Å². The summed E-state index contributed by atoms with van der Waals surface area (Å²) in [4.78, 5) is 1.26. The molecule has 1 aliphatic rings. The van der Waals surface area contributed by atoms with Crippen LogP contribution in [0.1, 0.15) is 29.7 Å². The number of halogens is 1. The smallest absolute Gasteiger partial charge is 0.0587 e. The largest absolute Gasteiger partial charge is 0.314 e. The number of nitrogens with one attached hydrogen (secondary N) is 2. The Morgan fingerprint density at radius 1 is 1.44 bits per heavy atom. The van der Waals surface area contributed by atoms with Crippen LogP contribution < -0.4 is 10.6 Å². The summed E-state index contributed by atoms with van der Waals surface area (Å²) in [6, 6.07) is 0.828. The zero-order valence-electron chi connectivity index (χ0n) is 9.68. The van der Waals surface area contributed by atoms with Crippen molar-refractivity contribution in [3.8, 4) is 0 Å². The molecular weight excluding hydrogens is 240 g/mol. The van der Waals surface area contributed by atoms with Crippen molar-refractivity contribution in [2.45, 2.75) is 38.8 Å². The van der Waals surface area contributed by atoms with Gasteiger partial charge in [0.2, 0.25) is 0 Å². The molecule has 90 valence electrons. The van der Waals surface area contributed by atoms with E-state index in [1.54, 1.807) is 11.3 Å². The molecule has 1 saturated carbocycles. The molecule has 1 fully saturated rings. The van der Waals surface area contributed by atoms with Crippen molar-refractivity contribution in [2.75, 3.05) is 13.1 Å². The van der Waals surface area contributed by atoms with Crippen LogP contribution in [0.4, 0.5) is 0 Å². The zero-order chi connectivity index (χ0) is 11.4. The Bertz CT molecular complexity index is 334. The molecule has 0 spiro atoms. The third-order valence-corrected chi connectivity index (χ3v) is 4.54. The molecule has 2 rings (SSSR count). The van der Waals surface area contributed by atoms with Crippen molar-refractivity contribution >= 4 is 22.9 Å². The summed E-state index contributed by atoms with van der Waals surface area (Å²) in [6.07, 6.45) is 3.94. The molecule has 2 N–H and O–H groups in total. The Morgan fingerprint density at radius 3 is 2.88 bits per heavy atom. The number of hydrogen-bond acceptors (Lipinski definition) is 3. The fraction of sp³-hybridized carbons (Fsp3) is 0.667. The predicted molar refractivity (Wildman–Crippen MR) is 71.4 cm³/mol. The minimum absolute atomic E-state index is 0.828. The fourth-order valence-corrected chi connectivity index (χ4v) is 2.82. The first-order valence-corrected chi connectivity index (χ1v) is 7.19. The van der Waals surface area contributed by atoms with E-state index in [2.05, 4.69) is 22.9 Å². The molecule has 16 heavy (non-hydrogen) atoms. The Kier molecular flexibility index (Phi) is 4.65. The van der Waals surface area contributed by atoms with Crippen LogP contribution in [0.25, 0.3) is 0 Å². The van der Waals surface area contributed by atoms with Crippen LogP contribution in [0.3, 0.4) is 0 Å². The normalized spacial score (nSPS) is 15.6. The van der Waals surface area contributed by atoms with Crippen LogP contribution in [0.5, 0.6) is 0 Å². The molecule has 0 radical (unpaired) electrons. The second kappa shape index (κ2) is 6.01. The third-order valence-electron chi connectivity index (χ3n) is 2.80. The van der Waals surface area contributed by atoms with Crippen LogP contribution in [-0.2, 0) is 6.54 Å². The van der Waals surface area contributed by atoms with Crippen molar-refractivity contribution in [2.24, 2.45) is 0 Å². The second-order valence-electron chi connectivity index (χ2n) is 4.41. The third kappa shape index (κ3) is 3.74. The molecule has 0 saturated heterocycles. The molecule has 0 atom stereocenters. The van der Waals surface area contributed by atoms with Gasteiger partial charge in [-0.3, -0.25) is 0 Å². The van der Waals surface area contributed by atoms with E-state index in [0.717, 1.165) is 30.7 Å². The maximum absolute atomic E-state index is 6.16. The summed E-state index contributed by atoms with van der Waals surface area (Å²) in [5.41, 5.74) is 1.19. The second-order valence-corrected chi connectivity index (χ2v) is 5.76. The number of hydrogen-bond donors (Lipinski definition) is 2. The van der Waals surface area contributed by atoms with E-state index in [1.807, 2.05) is 0 Å². The van der Waals surface area contributed by atoms with Crippen LogP contribution in [0.15, 0.2) is 5.38 Å².